The minimum atomic E-state index is -0.717. The molecular formula is C14H20FNO3. The molecule has 0 fully saturated rings. The van der Waals surface area contributed by atoms with Crippen LogP contribution >= 0.6 is 0 Å². The van der Waals surface area contributed by atoms with Crippen molar-refractivity contribution in [2.75, 3.05) is 13.2 Å². The summed E-state index contributed by atoms with van der Waals surface area (Å²) < 4.78 is 23.6. The molecule has 0 radical (unpaired) electrons. The SMILES string of the molecule is CCNCc1cc(F)ccc1OC(C)C(=O)OCC. The monoisotopic (exact) mass is 269 g/mol. The van der Waals surface area contributed by atoms with Gasteiger partial charge >= 0.3 is 5.97 Å². The van der Waals surface area contributed by atoms with Gasteiger partial charge in [-0.2, -0.15) is 0 Å². The Hall–Kier alpha value is -1.62. The summed E-state index contributed by atoms with van der Waals surface area (Å²) in [5.41, 5.74) is 0.679. The van der Waals surface area contributed by atoms with Crippen molar-refractivity contribution in [1.82, 2.24) is 5.32 Å². The topological polar surface area (TPSA) is 47.6 Å². The van der Waals surface area contributed by atoms with Gasteiger partial charge in [0.05, 0.1) is 6.61 Å². The third kappa shape index (κ3) is 4.87. The minimum absolute atomic E-state index is 0.306. The second-order valence-corrected chi connectivity index (χ2v) is 4.04. The Balaban J connectivity index is 2.78. The normalized spacial score (nSPS) is 12.0. The van der Waals surface area contributed by atoms with E-state index < -0.39 is 12.1 Å². The van der Waals surface area contributed by atoms with E-state index in [2.05, 4.69) is 5.32 Å². The molecule has 4 nitrogen and oxygen atoms in total. The molecule has 1 aromatic rings. The first-order valence-electron chi connectivity index (χ1n) is 6.40. The van der Waals surface area contributed by atoms with Crippen molar-refractivity contribution in [1.29, 1.82) is 0 Å². The number of benzene rings is 1. The number of nitrogens with one attached hydrogen (secondary N) is 1. The largest absolute Gasteiger partial charge is 0.479 e. The molecule has 0 aliphatic carbocycles. The number of esters is 1. The molecule has 1 rings (SSSR count). The average molecular weight is 269 g/mol. The first-order chi connectivity index (χ1) is 9.08. The van der Waals surface area contributed by atoms with Gasteiger partial charge in [-0.25, -0.2) is 9.18 Å². The number of carbonyl (C=O) groups excluding carboxylic acids is 1. The quantitative estimate of drug-likeness (QED) is 0.771. The van der Waals surface area contributed by atoms with E-state index in [0.717, 1.165) is 6.54 Å². The molecule has 0 aliphatic heterocycles. The molecule has 0 heterocycles. The van der Waals surface area contributed by atoms with E-state index >= 15 is 0 Å². The molecule has 19 heavy (non-hydrogen) atoms. The summed E-state index contributed by atoms with van der Waals surface area (Å²) in [5.74, 6) is -0.270. The molecule has 0 aromatic heterocycles. The number of carbonyl (C=O) groups is 1. The molecule has 0 spiro atoms. The summed E-state index contributed by atoms with van der Waals surface area (Å²) in [6.45, 7) is 6.86. The zero-order chi connectivity index (χ0) is 14.3. The first kappa shape index (κ1) is 15.4. The van der Waals surface area contributed by atoms with Gasteiger partial charge < -0.3 is 14.8 Å². The van der Waals surface area contributed by atoms with E-state index in [1.165, 1.54) is 18.2 Å². The van der Waals surface area contributed by atoms with Crippen molar-refractivity contribution >= 4 is 5.97 Å². The maximum Gasteiger partial charge on any atom is 0.347 e. The van der Waals surface area contributed by atoms with Crippen LogP contribution in [0, 0.1) is 5.82 Å². The van der Waals surface area contributed by atoms with Crippen LogP contribution in [-0.2, 0) is 16.1 Å². The Bertz CT molecular complexity index is 423. The second kappa shape index (κ2) is 7.74. The minimum Gasteiger partial charge on any atom is -0.479 e. The summed E-state index contributed by atoms with van der Waals surface area (Å²) in [7, 11) is 0. The van der Waals surface area contributed by atoms with E-state index in [1.807, 2.05) is 6.92 Å². The Labute approximate surface area is 112 Å². The highest BCUT2D eigenvalue weighted by Gasteiger charge is 2.17. The highest BCUT2D eigenvalue weighted by atomic mass is 19.1. The fourth-order valence-corrected chi connectivity index (χ4v) is 1.56. The maximum absolute atomic E-state index is 13.2. The lowest BCUT2D eigenvalue weighted by Crippen LogP contribution is -2.27. The van der Waals surface area contributed by atoms with E-state index in [9.17, 15) is 9.18 Å². The Morgan fingerprint density at radius 1 is 1.42 bits per heavy atom. The number of hydrogen-bond donors (Lipinski definition) is 1. The fourth-order valence-electron chi connectivity index (χ4n) is 1.56. The van der Waals surface area contributed by atoms with Gasteiger partial charge in [0.1, 0.15) is 11.6 Å². The van der Waals surface area contributed by atoms with E-state index in [1.54, 1.807) is 13.8 Å². The predicted octanol–water partition coefficient (Wildman–Crippen LogP) is 2.27. The van der Waals surface area contributed by atoms with Crippen LogP contribution in [0.2, 0.25) is 0 Å². The number of halogens is 1. The number of rotatable bonds is 7. The van der Waals surface area contributed by atoms with Crippen molar-refractivity contribution in [3.8, 4) is 5.75 Å². The zero-order valence-corrected chi connectivity index (χ0v) is 11.5. The smallest absolute Gasteiger partial charge is 0.347 e. The van der Waals surface area contributed by atoms with Crippen molar-refractivity contribution < 1.29 is 18.7 Å². The van der Waals surface area contributed by atoms with Gasteiger partial charge in [-0.15, -0.1) is 0 Å². The number of ether oxygens (including phenoxy) is 2. The van der Waals surface area contributed by atoms with Crippen LogP contribution < -0.4 is 10.1 Å². The third-order valence-corrected chi connectivity index (χ3v) is 2.51. The van der Waals surface area contributed by atoms with Crippen LogP contribution in [-0.4, -0.2) is 25.2 Å². The second-order valence-electron chi connectivity index (χ2n) is 4.04. The molecule has 0 saturated carbocycles. The molecule has 0 saturated heterocycles. The van der Waals surface area contributed by atoms with Crippen LogP contribution in [0.4, 0.5) is 4.39 Å². The summed E-state index contributed by atoms with van der Waals surface area (Å²) in [5, 5.41) is 3.10. The highest BCUT2D eigenvalue weighted by molar-refractivity contribution is 5.74. The van der Waals surface area contributed by atoms with Crippen molar-refractivity contribution in [2.24, 2.45) is 0 Å². The van der Waals surface area contributed by atoms with Gasteiger partial charge in [0.25, 0.3) is 0 Å². The lowest BCUT2D eigenvalue weighted by Gasteiger charge is -2.16. The fraction of sp³-hybridized carbons (Fsp3) is 0.500. The average Bonchev–Trinajstić information content (AvgIpc) is 2.39. The van der Waals surface area contributed by atoms with E-state index in [4.69, 9.17) is 9.47 Å². The zero-order valence-electron chi connectivity index (χ0n) is 11.5. The predicted molar refractivity (Wildman–Crippen MR) is 70.5 cm³/mol. The van der Waals surface area contributed by atoms with Crippen LogP contribution in [0.25, 0.3) is 0 Å². The first-order valence-corrected chi connectivity index (χ1v) is 6.40. The van der Waals surface area contributed by atoms with Crippen molar-refractivity contribution in [3.63, 3.8) is 0 Å². The van der Waals surface area contributed by atoms with Crippen LogP contribution in [0.5, 0.6) is 5.75 Å². The molecule has 0 aliphatic rings. The summed E-state index contributed by atoms with van der Waals surface area (Å²) in [4.78, 5) is 11.5. The highest BCUT2D eigenvalue weighted by Crippen LogP contribution is 2.21. The Morgan fingerprint density at radius 2 is 2.16 bits per heavy atom. The lowest BCUT2D eigenvalue weighted by molar-refractivity contribution is -0.150. The molecular weight excluding hydrogens is 249 g/mol. The van der Waals surface area contributed by atoms with Crippen molar-refractivity contribution in [2.45, 2.75) is 33.4 Å². The molecule has 0 amide bonds. The van der Waals surface area contributed by atoms with Gasteiger partial charge in [0.2, 0.25) is 0 Å². The van der Waals surface area contributed by atoms with Crippen molar-refractivity contribution in [3.05, 3.63) is 29.6 Å². The molecule has 1 aromatic carbocycles. The molecule has 1 atom stereocenters. The molecule has 1 unspecified atom stereocenters. The standard InChI is InChI=1S/C14H20FNO3/c1-4-16-9-11-8-12(15)6-7-13(11)19-10(3)14(17)18-5-2/h6-8,10,16H,4-5,9H2,1-3H3. The van der Waals surface area contributed by atoms with Gasteiger partial charge in [-0.3, -0.25) is 0 Å². The molecule has 106 valence electrons. The van der Waals surface area contributed by atoms with Gasteiger partial charge in [-0.05, 0) is 38.6 Å². The lowest BCUT2D eigenvalue weighted by atomic mass is 10.2. The third-order valence-electron chi connectivity index (χ3n) is 2.51. The van der Waals surface area contributed by atoms with E-state index in [-0.39, 0.29) is 5.82 Å². The number of hydrogen-bond acceptors (Lipinski definition) is 4. The molecule has 1 N–H and O–H groups in total. The summed E-state index contributed by atoms with van der Waals surface area (Å²) >= 11 is 0. The molecule has 5 heteroatoms. The van der Waals surface area contributed by atoms with Gasteiger partial charge in [0.15, 0.2) is 6.10 Å². The van der Waals surface area contributed by atoms with Crippen LogP contribution in [0.3, 0.4) is 0 Å². The van der Waals surface area contributed by atoms with Gasteiger partial charge in [-0.1, -0.05) is 6.92 Å². The van der Waals surface area contributed by atoms with E-state index in [0.29, 0.717) is 24.5 Å². The van der Waals surface area contributed by atoms with Crippen LogP contribution in [0.1, 0.15) is 26.3 Å². The Morgan fingerprint density at radius 3 is 2.79 bits per heavy atom. The van der Waals surface area contributed by atoms with Gasteiger partial charge in [0, 0.05) is 12.1 Å². The summed E-state index contributed by atoms with van der Waals surface area (Å²) in [6.07, 6.45) is -0.717. The van der Waals surface area contributed by atoms with Crippen LogP contribution in [0.15, 0.2) is 18.2 Å². The summed E-state index contributed by atoms with van der Waals surface area (Å²) in [6, 6.07) is 4.23. The molecule has 0 bridgehead atoms. The Kier molecular flexibility index (Phi) is 6.29. The maximum atomic E-state index is 13.2.